The second-order valence-corrected chi connectivity index (χ2v) is 8.25. The molecule has 3 aromatic rings. The number of halogens is 1. The fourth-order valence-corrected chi connectivity index (χ4v) is 3.80. The Morgan fingerprint density at radius 1 is 1.03 bits per heavy atom. The largest absolute Gasteiger partial charge is 0.351 e. The molecule has 0 bridgehead atoms. The van der Waals surface area contributed by atoms with Gasteiger partial charge in [-0.2, -0.15) is 5.26 Å². The molecule has 32 heavy (non-hydrogen) atoms. The Bertz CT molecular complexity index is 1120. The van der Waals surface area contributed by atoms with Crippen LogP contribution in [-0.4, -0.2) is 25.0 Å². The first-order valence-corrected chi connectivity index (χ1v) is 11.0. The van der Waals surface area contributed by atoms with E-state index < -0.39 is 5.82 Å². The minimum absolute atomic E-state index is 0.137. The molecule has 3 aromatic carbocycles. The van der Waals surface area contributed by atoms with Gasteiger partial charge < -0.3 is 10.6 Å². The molecule has 0 aromatic heterocycles. The normalized spacial score (nSPS) is 13.9. The first kappa shape index (κ1) is 21.7. The van der Waals surface area contributed by atoms with Crippen molar-refractivity contribution in [2.45, 2.75) is 31.2 Å². The number of nitriles is 1. The van der Waals surface area contributed by atoms with Crippen LogP contribution in [0.25, 0.3) is 11.1 Å². The van der Waals surface area contributed by atoms with E-state index in [0.29, 0.717) is 23.7 Å². The number of hydrogen-bond donors (Lipinski definition) is 2. The van der Waals surface area contributed by atoms with E-state index in [-0.39, 0.29) is 11.8 Å². The van der Waals surface area contributed by atoms with Gasteiger partial charge in [-0.1, -0.05) is 42.5 Å². The summed E-state index contributed by atoms with van der Waals surface area (Å²) in [6.45, 7) is 1.36. The minimum atomic E-state index is -0.418. The molecule has 0 aliphatic heterocycles. The van der Waals surface area contributed by atoms with Crippen LogP contribution in [0.15, 0.2) is 72.8 Å². The fourth-order valence-electron chi connectivity index (χ4n) is 3.80. The van der Waals surface area contributed by atoms with E-state index >= 15 is 0 Å². The fraction of sp³-hybridized carbons (Fsp3) is 0.259. The third kappa shape index (κ3) is 5.81. The molecule has 1 aliphatic rings. The van der Waals surface area contributed by atoms with Crippen molar-refractivity contribution in [1.82, 2.24) is 10.6 Å². The standard InChI is InChI=1S/C27H26FN3O/c28-25-6-2-5-23(16-25)27(32)31-18-24(13-14-30-26-11-12-26)21-9-7-20(8-10-21)22-4-1-3-19(15-22)17-29/h1-10,15-16,24,26,30H,11-14,18H2,(H,31,32). The van der Waals surface area contributed by atoms with E-state index in [9.17, 15) is 9.18 Å². The van der Waals surface area contributed by atoms with Gasteiger partial charge in [-0.25, -0.2) is 4.39 Å². The van der Waals surface area contributed by atoms with Gasteiger partial charge in [0.2, 0.25) is 0 Å². The lowest BCUT2D eigenvalue weighted by atomic mass is 9.93. The van der Waals surface area contributed by atoms with Gasteiger partial charge in [0.15, 0.2) is 0 Å². The van der Waals surface area contributed by atoms with Crippen molar-refractivity contribution in [3.63, 3.8) is 0 Å². The molecule has 1 atom stereocenters. The number of carbonyl (C=O) groups excluding carboxylic acids is 1. The predicted octanol–water partition coefficient (Wildman–Crippen LogP) is 5.02. The Kier molecular flexibility index (Phi) is 6.94. The molecule has 1 unspecified atom stereocenters. The van der Waals surface area contributed by atoms with Crippen LogP contribution in [0.1, 0.15) is 46.7 Å². The zero-order valence-electron chi connectivity index (χ0n) is 17.9. The average molecular weight is 428 g/mol. The second-order valence-electron chi connectivity index (χ2n) is 8.25. The summed E-state index contributed by atoms with van der Waals surface area (Å²) in [5.41, 5.74) is 4.15. The lowest BCUT2D eigenvalue weighted by Gasteiger charge is -2.19. The highest BCUT2D eigenvalue weighted by atomic mass is 19.1. The van der Waals surface area contributed by atoms with Crippen LogP contribution < -0.4 is 10.6 Å². The molecule has 0 heterocycles. The quantitative estimate of drug-likeness (QED) is 0.504. The van der Waals surface area contributed by atoms with E-state index in [1.54, 1.807) is 18.2 Å². The van der Waals surface area contributed by atoms with Crippen LogP contribution in [0.3, 0.4) is 0 Å². The zero-order chi connectivity index (χ0) is 22.3. The number of carbonyl (C=O) groups is 1. The zero-order valence-corrected chi connectivity index (χ0v) is 17.9. The molecule has 1 saturated carbocycles. The Hall–Kier alpha value is -3.49. The smallest absolute Gasteiger partial charge is 0.251 e. The summed E-state index contributed by atoms with van der Waals surface area (Å²) in [5.74, 6) is -0.549. The maximum absolute atomic E-state index is 13.5. The number of nitrogens with one attached hydrogen (secondary N) is 2. The maximum Gasteiger partial charge on any atom is 0.251 e. The van der Waals surface area contributed by atoms with Gasteiger partial charge in [0.1, 0.15) is 5.82 Å². The Morgan fingerprint density at radius 2 is 1.81 bits per heavy atom. The highest BCUT2D eigenvalue weighted by molar-refractivity contribution is 5.94. The average Bonchev–Trinajstić information content (AvgIpc) is 3.66. The molecule has 0 saturated heterocycles. The molecule has 162 valence electrons. The minimum Gasteiger partial charge on any atom is -0.351 e. The molecular weight excluding hydrogens is 401 g/mol. The molecule has 0 spiro atoms. The monoisotopic (exact) mass is 427 g/mol. The van der Waals surface area contributed by atoms with Crippen LogP contribution in [0.2, 0.25) is 0 Å². The van der Waals surface area contributed by atoms with Crippen LogP contribution >= 0.6 is 0 Å². The highest BCUT2D eigenvalue weighted by Crippen LogP contribution is 2.26. The van der Waals surface area contributed by atoms with Gasteiger partial charge >= 0.3 is 0 Å². The number of hydrogen-bond acceptors (Lipinski definition) is 3. The van der Waals surface area contributed by atoms with Crippen molar-refractivity contribution in [1.29, 1.82) is 5.26 Å². The molecular formula is C27H26FN3O. The van der Waals surface area contributed by atoms with Gasteiger partial charge in [0, 0.05) is 24.1 Å². The summed E-state index contributed by atoms with van der Waals surface area (Å²) < 4.78 is 13.5. The Labute approximate surface area is 188 Å². The van der Waals surface area contributed by atoms with E-state index in [4.69, 9.17) is 5.26 Å². The van der Waals surface area contributed by atoms with Crippen LogP contribution in [-0.2, 0) is 0 Å². The number of benzene rings is 3. The third-order valence-corrected chi connectivity index (χ3v) is 5.81. The Balaban J connectivity index is 1.46. The summed E-state index contributed by atoms with van der Waals surface area (Å²) in [4.78, 5) is 12.5. The van der Waals surface area contributed by atoms with E-state index in [2.05, 4.69) is 41.0 Å². The highest BCUT2D eigenvalue weighted by Gasteiger charge is 2.21. The number of rotatable bonds is 9. The van der Waals surface area contributed by atoms with Crippen molar-refractivity contribution in [3.8, 4) is 17.2 Å². The summed E-state index contributed by atoms with van der Waals surface area (Å²) in [7, 11) is 0. The van der Waals surface area contributed by atoms with E-state index in [1.807, 2.05) is 18.2 Å². The van der Waals surface area contributed by atoms with Crippen LogP contribution in [0.4, 0.5) is 4.39 Å². The molecule has 2 N–H and O–H groups in total. The van der Waals surface area contributed by atoms with E-state index in [0.717, 1.165) is 29.7 Å². The van der Waals surface area contributed by atoms with E-state index in [1.165, 1.54) is 25.0 Å². The van der Waals surface area contributed by atoms with Gasteiger partial charge in [-0.3, -0.25) is 4.79 Å². The van der Waals surface area contributed by atoms with Crippen LogP contribution in [0, 0.1) is 17.1 Å². The summed E-state index contributed by atoms with van der Waals surface area (Å²) in [5, 5.41) is 15.7. The SMILES string of the molecule is N#Cc1cccc(-c2ccc(C(CCNC3CC3)CNC(=O)c3cccc(F)c3)cc2)c1. The molecule has 4 rings (SSSR count). The van der Waals surface area contributed by atoms with Gasteiger partial charge in [-0.05, 0) is 72.8 Å². The lowest BCUT2D eigenvalue weighted by Crippen LogP contribution is -2.30. The molecule has 0 radical (unpaired) electrons. The summed E-state index contributed by atoms with van der Waals surface area (Å²) in [6, 6.07) is 24.4. The molecule has 1 amide bonds. The van der Waals surface area contributed by atoms with Gasteiger partial charge in [0.05, 0.1) is 11.6 Å². The van der Waals surface area contributed by atoms with Crippen LogP contribution in [0.5, 0.6) is 0 Å². The Morgan fingerprint density at radius 3 is 2.53 bits per heavy atom. The van der Waals surface area contributed by atoms with Crippen molar-refractivity contribution < 1.29 is 9.18 Å². The van der Waals surface area contributed by atoms with Gasteiger partial charge in [-0.15, -0.1) is 0 Å². The first-order valence-electron chi connectivity index (χ1n) is 11.0. The van der Waals surface area contributed by atoms with Crippen molar-refractivity contribution in [2.75, 3.05) is 13.1 Å². The molecule has 4 nitrogen and oxygen atoms in total. The number of nitrogens with zero attached hydrogens (tertiary/aromatic N) is 1. The topological polar surface area (TPSA) is 64.9 Å². The van der Waals surface area contributed by atoms with Crippen molar-refractivity contribution >= 4 is 5.91 Å². The molecule has 1 aliphatic carbocycles. The molecule has 1 fully saturated rings. The van der Waals surface area contributed by atoms with Gasteiger partial charge in [0.25, 0.3) is 5.91 Å². The van der Waals surface area contributed by atoms with Crippen molar-refractivity contribution in [2.24, 2.45) is 0 Å². The molecule has 5 heteroatoms. The first-order chi connectivity index (χ1) is 15.6. The third-order valence-electron chi connectivity index (χ3n) is 5.81. The summed E-state index contributed by atoms with van der Waals surface area (Å²) in [6.07, 6.45) is 3.36. The second kappa shape index (κ2) is 10.2. The number of amides is 1. The summed E-state index contributed by atoms with van der Waals surface area (Å²) >= 11 is 0. The lowest BCUT2D eigenvalue weighted by molar-refractivity contribution is 0.0950. The maximum atomic E-state index is 13.5. The predicted molar refractivity (Wildman–Crippen MR) is 124 cm³/mol. The van der Waals surface area contributed by atoms with Crippen molar-refractivity contribution in [3.05, 3.63) is 95.3 Å².